The minimum atomic E-state index is 0.237. The average Bonchev–Trinajstić information content (AvgIpc) is 2.02. The van der Waals surface area contributed by atoms with Crippen LogP contribution in [0.25, 0.3) is 0 Å². The molecule has 13 heavy (non-hydrogen) atoms. The number of fused-ring (bicyclic) bond motifs is 2. The predicted molar refractivity (Wildman–Crippen MR) is 49.6 cm³/mol. The molecule has 1 atom stereocenters. The third kappa shape index (κ3) is 2.02. The van der Waals surface area contributed by atoms with E-state index in [1.165, 1.54) is 0 Å². The van der Waals surface area contributed by atoms with E-state index in [1.807, 2.05) is 6.92 Å². The Labute approximate surface area is 79.0 Å². The Morgan fingerprint density at radius 2 is 1.69 bits per heavy atom. The van der Waals surface area contributed by atoms with Gasteiger partial charge in [0.1, 0.15) is 0 Å². The van der Waals surface area contributed by atoms with Crippen LogP contribution in [0.4, 0.5) is 0 Å². The fourth-order valence-electron chi connectivity index (χ4n) is 2.09. The van der Waals surface area contributed by atoms with Gasteiger partial charge in [-0.1, -0.05) is 0 Å². The number of hydrogen-bond acceptors (Lipinski definition) is 4. The average molecular weight is 186 g/mol. The van der Waals surface area contributed by atoms with Crippen LogP contribution in [-0.4, -0.2) is 56.0 Å². The summed E-state index contributed by atoms with van der Waals surface area (Å²) in [5.74, 6) is 0. The zero-order chi connectivity index (χ0) is 9.26. The monoisotopic (exact) mass is 186 g/mol. The largest absolute Gasteiger partial charge is 0.378 e. The van der Waals surface area contributed by atoms with Gasteiger partial charge in [-0.25, -0.2) is 0 Å². The van der Waals surface area contributed by atoms with Crippen molar-refractivity contribution in [3.8, 4) is 0 Å². The third-order valence-corrected chi connectivity index (χ3v) is 2.68. The zero-order valence-electron chi connectivity index (χ0n) is 8.11. The molecule has 0 aromatic carbocycles. The summed E-state index contributed by atoms with van der Waals surface area (Å²) >= 11 is 0. The molecular weight excluding hydrogens is 168 g/mol. The normalized spacial score (nSPS) is 37.4. The summed E-state index contributed by atoms with van der Waals surface area (Å²) in [7, 11) is 0. The third-order valence-electron chi connectivity index (χ3n) is 2.68. The maximum absolute atomic E-state index is 5.80. The second-order valence-corrected chi connectivity index (χ2v) is 4.06. The van der Waals surface area contributed by atoms with E-state index in [2.05, 4.69) is 4.90 Å². The molecule has 76 valence electrons. The van der Waals surface area contributed by atoms with Crippen LogP contribution in [0.2, 0.25) is 0 Å². The van der Waals surface area contributed by atoms with Gasteiger partial charge >= 0.3 is 0 Å². The number of nitrogens with two attached hydrogens (primary N) is 1. The molecule has 0 aliphatic carbocycles. The molecule has 1 unspecified atom stereocenters. The Morgan fingerprint density at radius 3 is 2.08 bits per heavy atom. The topological polar surface area (TPSA) is 47.7 Å². The van der Waals surface area contributed by atoms with E-state index in [1.54, 1.807) is 0 Å². The van der Waals surface area contributed by atoms with Crippen LogP contribution < -0.4 is 5.73 Å². The van der Waals surface area contributed by atoms with Crippen molar-refractivity contribution in [3.63, 3.8) is 0 Å². The maximum Gasteiger partial charge on any atom is 0.0645 e. The van der Waals surface area contributed by atoms with Crippen molar-refractivity contribution >= 4 is 0 Å². The summed E-state index contributed by atoms with van der Waals surface area (Å²) in [6, 6.07) is 1.10. The minimum absolute atomic E-state index is 0.237. The van der Waals surface area contributed by atoms with E-state index >= 15 is 0 Å². The Morgan fingerprint density at radius 1 is 1.23 bits per heavy atom. The quantitative estimate of drug-likeness (QED) is 0.627. The van der Waals surface area contributed by atoms with Crippen LogP contribution >= 0.6 is 0 Å². The van der Waals surface area contributed by atoms with Crippen molar-refractivity contribution in [1.82, 2.24) is 4.90 Å². The molecule has 2 N–H and O–H groups in total. The van der Waals surface area contributed by atoms with Crippen LogP contribution in [0, 0.1) is 0 Å². The lowest BCUT2D eigenvalue weighted by Gasteiger charge is -2.45. The van der Waals surface area contributed by atoms with E-state index in [4.69, 9.17) is 15.2 Å². The molecule has 0 radical (unpaired) electrons. The van der Waals surface area contributed by atoms with Crippen molar-refractivity contribution in [2.24, 2.45) is 5.73 Å². The van der Waals surface area contributed by atoms with E-state index < -0.39 is 0 Å². The molecule has 0 spiro atoms. The van der Waals surface area contributed by atoms with Gasteiger partial charge in [-0.15, -0.1) is 0 Å². The van der Waals surface area contributed by atoms with Crippen LogP contribution in [0.5, 0.6) is 0 Å². The molecule has 4 heteroatoms. The van der Waals surface area contributed by atoms with E-state index in [0.29, 0.717) is 12.1 Å². The molecule has 2 fully saturated rings. The summed E-state index contributed by atoms with van der Waals surface area (Å²) in [5, 5.41) is 0. The summed E-state index contributed by atoms with van der Waals surface area (Å²) in [5.41, 5.74) is 5.80. The fourth-order valence-corrected chi connectivity index (χ4v) is 2.09. The van der Waals surface area contributed by atoms with Gasteiger partial charge in [0, 0.05) is 12.6 Å². The summed E-state index contributed by atoms with van der Waals surface area (Å²) < 4.78 is 11.0. The number of morpholine rings is 2. The molecule has 2 aliphatic heterocycles. The maximum atomic E-state index is 5.80. The second-order valence-electron chi connectivity index (χ2n) is 4.06. The molecule has 2 saturated heterocycles. The van der Waals surface area contributed by atoms with Crippen molar-refractivity contribution in [2.75, 3.05) is 33.0 Å². The Bertz CT molecular complexity index is 153. The molecule has 2 rings (SSSR count). The smallest absolute Gasteiger partial charge is 0.0645 e. The first-order valence-corrected chi connectivity index (χ1v) is 4.94. The summed E-state index contributed by atoms with van der Waals surface area (Å²) in [4.78, 5) is 2.44. The number of ether oxygens (including phenoxy) is 2. The highest BCUT2D eigenvalue weighted by atomic mass is 16.5. The standard InChI is InChI=1S/C9H18N2O2/c1-7(10)2-11-8-3-12-5-9(11)6-13-4-8/h7-9H,2-6,10H2,1H3. The molecule has 2 aliphatic rings. The SMILES string of the molecule is CC(N)CN1C2COCC1COC2. The van der Waals surface area contributed by atoms with Crippen molar-refractivity contribution < 1.29 is 9.47 Å². The van der Waals surface area contributed by atoms with Crippen molar-refractivity contribution in [2.45, 2.75) is 25.0 Å². The first-order chi connectivity index (χ1) is 6.27. The predicted octanol–water partition coefficient (Wildman–Crippen LogP) is -0.567. The van der Waals surface area contributed by atoms with Gasteiger partial charge in [0.05, 0.1) is 38.5 Å². The van der Waals surface area contributed by atoms with Crippen LogP contribution in [0.15, 0.2) is 0 Å². The Hall–Kier alpha value is -0.160. The molecular formula is C9H18N2O2. The lowest BCUT2D eigenvalue weighted by atomic mass is 10.1. The number of hydrogen-bond donors (Lipinski definition) is 1. The van der Waals surface area contributed by atoms with E-state index in [-0.39, 0.29) is 6.04 Å². The molecule has 4 nitrogen and oxygen atoms in total. The summed E-state index contributed by atoms with van der Waals surface area (Å²) in [6.45, 7) is 6.19. The first-order valence-electron chi connectivity index (χ1n) is 4.94. The zero-order valence-corrected chi connectivity index (χ0v) is 8.11. The number of rotatable bonds is 2. The molecule has 2 bridgehead atoms. The molecule has 0 amide bonds. The van der Waals surface area contributed by atoms with Gasteiger partial charge in [0.2, 0.25) is 0 Å². The van der Waals surface area contributed by atoms with Crippen molar-refractivity contribution in [1.29, 1.82) is 0 Å². The van der Waals surface area contributed by atoms with Crippen LogP contribution in [0.1, 0.15) is 6.92 Å². The lowest BCUT2D eigenvalue weighted by molar-refractivity contribution is -0.138. The molecule has 0 saturated carbocycles. The van der Waals surface area contributed by atoms with Gasteiger partial charge in [-0.05, 0) is 6.92 Å². The van der Waals surface area contributed by atoms with Gasteiger partial charge < -0.3 is 15.2 Å². The van der Waals surface area contributed by atoms with Crippen LogP contribution in [0.3, 0.4) is 0 Å². The van der Waals surface area contributed by atoms with Gasteiger partial charge in [0.25, 0.3) is 0 Å². The van der Waals surface area contributed by atoms with Gasteiger partial charge in [-0.3, -0.25) is 4.90 Å². The highest BCUT2D eigenvalue weighted by Crippen LogP contribution is 2.18. The molecule has 0 aromatic heterocycles. The number of nitrogens with zero attached hydrogens (tertiary/aromatic N) is 1. The Kier molecular flexibility index (Phi) is 2.83. The highest BCUT2D eigenvalue weighted by molar-refractivity contribution is 4.87. The van der Waals surface area contributed by atoms with Crippen molar-refractivity contribution in [3.05, 3.63) is 0 Å². The van der Waals surface area contributed by atoms with Crippen LogP contribution in [-0.2, 0) is 9.47 Å². The van der Waals surface area contributed by atoms with E-state index in [9.17, 15) is 0 Å². The molecule has 0 aromatic rings. The summed E-state index contributed by atoms with van der Waals surface area (Å²) in [6.07, 6.45) is 0. The second kappa shape index (κ2) is 3.92. The van der Waals surface area contributed by atoms with E-state index in [0.717, 1.165) is 33.0 Å². The van der Waals surface area contributed by atoms with Gasteiger partial charge in [-0.2, -0.15) is 0 Å². The Balaban J connectivity index is 1.98. The first kappa shape index (κ1) is 9.40. The molecule has 2 heterocycles. The minimum Gasteiger partial charge on any atom is -0.378 e. The highest BCUT2D eigenvalue weighted by Gasteiger charge is 2.35. The van der Waals surface area contributed by atoms with Gasteiger partial charge in [0.15, 0.2) is 0 Å². The fraction of sp³-hybridized carbons (Fsp3) is 1.00. The lowest BCUT2D eigenvalue weighted by Crippen LogP contribution is -2.61.